The number of hydrogen-bond donors (Lipinski definition) is 0. The molecule has 168 valence electrons. The van der Waals surface area contributed by atoms with Gasteiger partial charge in [-0.25, -0.2) is 0 Å². The topological polar surface area (TPSA) is 72.9 Å². The van der Waals surface area contributed by atoms with Crippen molar-refractivity contribution in [2.75, 3.05) is 6.54 Å². The Morgan fingerprint density at radius 1 is 1.09 bits per heavy atom. The molecule has 0 N–H and O–H groups in total. The third kappa shape index (κ3) is 6.19. The lowest BCUT2D eigenvalue weighted by atomic mass is 10.2. The standard InChI is InChI=1S/C22H18Cl3NO5S/c1-12(2)31-19(27)10-26-21(28)18(32-22(26)29)9-14-7-16(24)20(17(25)8-14)30-11-13-3-5-15(23)6-4-13/h3-9,12H,10-11H2,1-2H3/b18-9+. The van der Waals surface area contributed by atoms with E-state index in [4.69, 9.17) is 44.3 Å². The largest absolute Gasteiger partial charge is 0.486 e. The van der Waals surface area contributed by atoms with Crippen LogP contribution in [0.1, 0.15) is 25.0 Å². The molecule has 0 bridgehead atoms. The first-order valence-electron chi connectivity index (χ1n) is 9.45. The average Bonchev–Trinajstić information content (AvgIpc) is 2.95. The Labute approximate surface area is 204 Å². The molecule has 1 heterocycles. The first kappa shape index (κ1) is 24.5. The van der Waals surface area contributed by atoms with Gasteiger partial charge in [0.05, 0.1) is 21.1 Å². The molecule has 2 amide bonds. The maximum absolute atomic E-state index is 12.6. The Morgan fingerprint density at radius 2 is 1.72 bits per heavy atom. The molecule has 3 rings (SSSR count). The molecule has 0 unspecified atom stereocenters. The van der Waals surface area contributed by atoms with Crippen LogP contribution in [0, 0.1) is 0 Å². The van der Waals surface area contributed by atoms with Gasteiger partial charge in [0.1, 0.15) is 13.2 Å². The zero-order valence-corrected chi connectivity index (χ0v) is 20.1. The summed E-state index contributed by atoms with van der Waals surface area (Å²) >= 11 is 19.3. The Bertz CT molecular complexity index is 1060. The molecule has 32 heavy (non-hydrogen) atoms. The molecule has 1 aliphatic rings. The van der Waals surface area contributed by atoms with Gasteiger partial charge in [-0.3, -0.25) is 19.3 Å². The fraction of sp³-hybridized carbons (Fsp3) is 0.227. The Hall–Kier alpha value is -2.19. The van der Waals surface area contributed by atoms with Crippen molar-refractivity contribution in [3.63, 3.8) is 0 Å². The highest BCUT2D eigenvalue weighted by Gasteiger charge is 2.36. The zero-order chi connectivity index (χ0) is 23.4. The molecule has 0 radical (unpaired) electrons. The van der Waals surface area contributed by atoms with Crippen LogP contribution in [0.15, 0.2) is 41.3 Å². The van der Waals surface area contributed by atoms with E-state index in [1.165, 1.54) is 6.08 Å². The van der Waals surface area contributed by atoms with Crippen molar-refractivity contribution in [2.24, 2.45) is 0 Å². The van der Waals surface area contributed by atoms with Gasteiger partial charge in [0.25, 0.3) is 11.1 Å². The van der Waals surface area contributed by atoms with E-state index in [0.29, 0.717) is 16.3 Å². The van der Waals surface area contributed by atoms with Gasteiger partial charge in [0.2, 0.25) is 0 Å². The van der Waals surface area contributed by atoms with Crippen molar-refractivity contribution >= 4 is 69.8 Å². The summed E-state index contributed by atoms with van der Waals surface area (Å²) in [5.74, 6) is -0.946. The maximum Gasteiger partial charge on any atom is 0.326 e. The van der Waals surface area contributed by atoms with E-state index in [-0.39, 0.29) is 27.7 Å². The van der Waals surface area contributed by atoms with Crippen molar-refractivity contribution in [1.82, 2.24) is 4.90 Å². The van der Waals surface area contributed by atoms with Gasteiger partial charge in [-0.1, -0.05) is 46.9 Å². The van der Waals surface area contributed by atoms with Crippen LogP contribution in [0.3, 0.4) is 0 Å². The Morgan fingerprint density at radius 3 is 2.31 bits per heavy atom. The molecule has 1 fully saturated rings. The quantitative estimate of drug-likeness (QED) is 0.323. The van der Waals surface area contributed by atoms with Crippen LogP contribution in [-0.4, -0.2) is 34.7 Å². The summed E-state index contributed by atoms with van der Waals surface area (Å²) in [6.07, 6.45) is 1.14. The summed E-state index contributed by atoms with van der Waals surface area (Å²) < 4.78 is 10.7. The summed E-state index contributed by atoms with van der Waals surface area (Å²) in [6, 6.07) is 10.3. The Balaban J connectivity index is 1.73. The molecular weight excluding hydrogens is 497 g/mol. The highest BCUT2D eigenvalue weighted by atomic mass is 35.5. The fourth-order valence-electron chi connectivity index (χ4n) is 2.75. The number of esters is 1. The van der Waals surface area contributed by atoms with Crippen LogP contribution < -0.4 is 4.74 Å². The number of rotatable bonds is 7. The molecule has 2 aromatic rings. The molecule has 0 saturated carbocycles. The molecule has 0 aromatic heterocycles. The Kier molecular flexibility index (Phi) is 8.11. The second-order valence-corrected chi connectivity index (χ2v) is 9.28. The first-order chi connectivity index (χ1) is 15.1. The molecule has 0 atom stereocenters. The molecule has 0 aliphatic carbocycles. The molecular formula is C22H18Cl3NO5S. The predicted molar refractivity (Wildman–Crippen MR) is 126 cm³/mol. The summed E-state index contributed by atoms with van der Waals surface area (Å²) in [4.78, 5) is 37.6. The van der Waals surface area contributed by atoms with Gasteiger partial charge in [-0.15, -0.1) is 0 Å². The van der Waals surface area contributed by atoms with E-state index in [2.05, 4.69) is 0 Å². The predicted octanol–water partition coefficient (Wildman–Crippen LogP) is 6.21. The van der Waals surface area contributed by atoms with E-state index >= 15 is 0 Å². The second kappa shape index (κ2) is 10.6. The zero-order valence-electron chi connectivity index (χ0n) is 17.1. The van der Waals surface area contributed by atoms with E-state index in [1.807, 2.05) is 12.1 Å². The number of nitrogens with zero attached hydrogens (tertiary/aromatic N) is 1. The first-order valence-corrected chi connectivity index (χ1v) is 11.4. The van der Waals surface area contributed by atoms with E-state index in [0.717, 1.165) is 22.2 Å². The lowest BCUT2D eigenvalue weighted by molar-refractivity contribution is -0.149. The number of benzene rings is 2. The lowest BCUT2D eigenvalue weighted by Gasteiger charge is -2.13. The normalized spacial score (nSPS) is 15.1. The number of halogens is 3. The summed E-state index contributed by atoms with van der Waals surface area (Å²) in [5.41, 5.74) is 1.39. The van der Waals surface area contributed by atoms with Crippen LogP contribution in [0.2, 0.25) is 15.1 Å². The van der Waals surface area contributed by atoms with Crippen molar-refractivity contribution < 1.29 is 23.9 Å². The molecule has 2 aromatic carbocycles. The van der Waals surface area contributed by atoms with Gasteiger partial charge >= 0.3 is 5.97 Å². The van der Waals surface area contributed by atoms with Crippen LogP contribution in [0.5, 0.6) is 5.75 Å². The number of imide groups is 1. The van der Waals surface area contributed by atoms with Crippen LogP contribution in [0.25, 0.3) is 6.08 Å². The number of amides is 2. The summed E-state index contributed by atoms with van der Waals surface area (Å²) in [6.45, 7) is 3.16. The minimum absolute atomic E-state index is 0.148. The molecule has 0 spiro atoms. The van der Waals surface area contributed by atoms with Crippen molar-refractivity contribution in [3.8, 4) is 5.75 Å². The average molecular weight is 515 g/mol. The number of ether oxygens (including phenoxy) is 2. The van der Waals surface area contributed by atoms with Crippen molar-refractivity contribution in [1.29, 1.82) is 0 Å². The molecule has 1 aliphatic heterocycles. The lowest BCUT2D eigenvalue weighted by Crippen LogP contribution is -2.35. The minimum Gasteiger partial charge on any atom is -0.486 e. The van der Waals surface area contributed by atoms with Gasteiger partial charge in [-0.05, 0) is 67.1 Å². The second-order valence-electron chi connectivity index (χ2n) is 7.04. The highest BCUT2D eigenvalue weighted by Crippen LogP contribution is 2.37. The third-order valence-electron chi connectivity index (χ3n) is 4.14. The molecule has 6 nitrogen and oxygen atoms in total. The fourth-order valence-corrected chi connectivity index (χ4v) is 4.33. The van der Waals surface area contributed by atoms with Gasteiger partial charge in [0.15, 0.2) is 5.75 Å². The van der Waals surface area contributed by atoms with E-state index in [9.17, 15) is 14.4 Å². The number of carbonyl (C=O) groups is 3. The molecule has 10 heteroatoms. The smallest absolute Gasteiger partial charge is 0.326 e. The summed E-state index contributed by atoms with van der Waals surface area (Å²) in [7, 11) is 0. The van der Waals surface area contributed by atoms with Crippen LogP contribution >= 0.6 is 46.6 Å². The van der Waals surface area contributed by atoms with Gasteiger partial charge < -0.3 is 9.47 Å². The third-order valence-corrected chi connectivity index (χ3v) is 5.86. The monoisotopic (exact) mass is 513 g/mol. The molecule has 1 saturated heterocycles. The minimum atomic E-state index is -0.656. The van der Waals surface area contributed by atoms with Gasteiger partial charge in [0, 0.05) is 5.02 Å². The van der Waals surface area contributed by atoms with Crippen LogP contribution in [-0.2, 0) is 20.9 Å². The number of thioether (sulfide) groups is 1. The number of carbonyl (C=O) groups excluding carboxylic acids is 3. The SMILES string of the molecule is CC(C)OC(=O)CN1C(=O)S/C(=C/c2cc(Cl)c(OCc3ccc(Cl)cc3)c(Cl)c2)C1=O. The van der Waals surface area contributed by atoms with Crippen molar-refractivity contribution in [2.45, 2.75) is 26.6 Å². The van der Waals surface area contributed by atoms with Gasteiger partial charge in [-0.2, -0.15) is 0 Å². The van der Waals surface area contributed by atoms with Crippen molar-refractivity contribution in [3.05, 3.63) is 67.5 Å². The maximum atomic E-state index is 12.6. The van der Waals surface area contributed by atoms with E-state index in [1.54, 1.807) is 38.1 Å². The van der Waals surface area contributed by atoms with Crippen LogP contribution in [0.4, 0.5) is 4.79 Å². The highest BCUT2D eigenvalue weighted by molar-refractivity contribution is 8.18. The summed E-state index contributed by atoms with van der Waals surface area (Å²) in [5, 5.41) is 0.562. The number of hydrogen-bond acceptors (Lipinski definition) is 6. The van der Waals surface area contributed by atoms with E-state index < -0.39 is 23.7 Å².